The van der Waals surface area contributed by atoms with Gasteiger partial charge in [-0.15, -0.1) is 0 Å². The normalized spacial score (nSPS) is 17.2. The van der Waals surface area contributed by atoms with E-state index in [1.807, 2.05) is 6.92 Å². The van der Waals surface area contributed by atoms with Crippen LogP contribution in [0.25, 0.3) is 0 Å². The molecule has 10 heteroatoms. The number of benzene rings is 2. The molecule has 2 aromatic rings. The fraction of sp³-hybridized carbons (Fsp3) is 0.381. The molecule has 2 aromatic carbocycles. The predicted octanol–water partition coefficient (Wildman–Crippen LogP) is 3.73. The van der Waals surface area contributed by atoms with Gasteiger partial charge in [0.1, 0.15) is 10.6 Å². The van der Waals surface area contributed by atoms with E-state index in [9.17, 15) is 23.3 Å². The molecule has 1 aliphatic heterocycles. The first-order chi connectivity index (χ1) is 14.7. The largest absolute Gasteiger partial charge is 0.495 e. The van der Waals surface area contributed by atoms with Crippen LogP contribution in [0.3, 0.4) is 0 Å². The van der Waals surface area contributed by atoms with Crippen molar-refractivity contribution in [3.05, 3.63) is 57.6 Å². The number of nitrogens with zero attached hydrogens (tertiary/aromatic N) is 2. The summed E-state index contributed by atoms with van der Waals surface area (Å²) in [7, 11) is -2.49. The fourth-order valence-corrected chi connectivity index (χ4v) is 5.61. The Morgan fingerprint density at radius 2 is 2.00 bits per heavy atom. The van der Waals surface area contributed by atoms with E-state index >= 15 is 0 Å². The number of nitrogens with one attached hydrogen (secondary N) is 1. The number of piperidine rings is 1. The Morgan fingerprint density at radius 1 is 1.26 bits per heavy atom. The van der Waals surface area contributed by atoms with Crippen LogP contribution in [-0.4, -0.2) is 43.2 Å². The maximum atomic E-state index is 13.3. The van der Waals surface area contributed by atoms with Crippen molar-refractivity contribution in [1.82, 2.24) is 4.31 Å². The van der Waals surface area contributed by atoms with Crippen molar-refractivity contribution < 1.29 is 22.9 Å². The van der Waals surface area contributed by atoms with E-state index in [2.05, 4.69) is 5.32 Å². The number of amides is 1. The number of nitro groups is 1. The Bertz CT molecular complexity index is 1120. The van der Waals surface area contributed by atoms with Crippen LogP contribution >= 0.6 is 0 Å². The SMILES string of the molecule is COc1ccc(C(=O)Nc2cccc([N+](=O)[O-])c2C)cc1S(=O)(=O)N1CCCCC1C. The van der Waals surface area contributed by atoms with E-state index in [0.29, 0.717) is 12.1 Å². The molecule has 0 bridgehead atoms. The number of rotatable bonds is 6. The maximum Gasteiger partial charge on any atom is 0.274 e. The fourth-order valence-electron chi connectivity index (χ4n) is 3.73. The number of hydrogen-bond acceptors (Lipinski definition) is 6. The lowest BCUT2D eigenvalue weighted by Crippen LogP contribution is -2.42. The van der Waals surface area contributed by atoms with Crippen LogP contribution in [0.2, 0.25) is 0 Å². The van der Waals surface area contributed by atoms with Crippen molar-refractivity contribution in [3.63, 3.8) is 0 Å². The lowest BCUT2D eigenvalue weighted by atomic mass is 10.1. The Balaban J connectivity index is 1.96. The minimum absolute atomic E-state index is 0.0767. The molecule has 1 heterocycles. The van der Waals surface area contributed by atoms with Gasteiger partial charge in [0.15, 0.2) is 0 Å². The molecule has 9 nitrogen and oxygen atoms in total. The average Bonchev–Trinajstić information content (AvgIpc) is 2.74. The lowest BCUT2D eigenvalue weighted by molar-refractivity contribution is -0.385. The number of hydrogen-bond donors (Lipinski definition) is 1. The standard InChI is InChI=1S/C21H25N3O6S/c1-14-7-4-5-12-23(14)31(28,29)20-13-16(10-11-19(20)30-3)21(25)22-17-8-6-9-18(15(17)2)24(26)27/h6,8-11,13-14H,4-5,7,12H2,1-3H3,(H,22,25). The van der Waals surface area contributed by atoms with Crippen LogP contribution < -0.4 is 10.1 Å². The van der Waals surface area contributed by atoms with Crippen molar-refractivity contribution in [1.29, 1.82) is 0 Å². The van der Waals surface area contributed by atoms with Gasteiger partial charge in [0.25, 0.3) is 11.6 Å². The highest BCUT2D eigenvalue weighted by molar-refractivity contribution is 7.89. The van der Waals surface area contributed by atoms with E-state index in [-0.39, 0.29) is 33.6 Å². The van der Waals surface area contributed by atoms with Crippen LogP contribution in [-0.2, 0) is 10.0 Å². The van der Waals surface area contributed by atoms with Crippen LogP contribution in [0.15, 0.2) is 41.3 Å². The molecule has 1 fully saturated rings. The third kappa shape index (κ3) is 4.54. The van der Waals surface area contributed by atoms with E-state index in [0.717, 1.165) is 19.3 Å². The highest BCUT2D eigenvalue weighted by Gasteiger charge is 2.33. The molecule has 31 heavy (non-hydrogen) atoms. The molecule has 3 rings (SSSR count). The Kier molecular flexibility index (Phi) is 6.61. The summed E-state index contributed by atoms with van der Waals surface area (Å²) in [6.45, 7) is 3.82. The van der Waals surface area contributed by atoms with Gasteiger partial charge in [-0.25, -0.2) is 8.42 Å². The summed E-state index contributed by atoms with van der Waals surface area (Å²) < 4.78 is 33.4. The summed E-state index contributed by atoms with van der Waals surface area (Å²) in [6, 6.07) is 8.42. The molecule has 1 N–H and O–H groups in total. The lowest BCUT2D eigenvalue weighted by Gasteiger charge is -2.32. The summed E-state index contributed by atoms with van der Waals surface area (Å²) in [5.41, 5.74) is 0.582. The second-order valence-corrected chi connectivity index (χ2v) is 9.35. The zero-order chi connectivity index (χ0) is 22.8. The number of sulfonamides is 1. The highest BCUT2D eigenvalue weighted by Crippen LogP contribution is 2.32. The van der Waals surface area contributed by atoms with E-state index in [1.165, 1.54) is 48.7 Å². The monoisotopic (exact) mass is 447 g/mol. The van der Waals surface area contributed by atoms with Crippen LogP contribution in [0.4, 0.5) is 11.4 Å². The second-order valence-electron chi connectivity index (χ2n) is 7.49. The maximum absolute atomic E-state index is 13.3. The minimum atomic E-state index is -3.87. The van der Waals surface area contributed by atoms with E-state index in [1.54, 1.807) is 6.07 Å². The van der Waals surface area contributed by atoms with Gasteiger partial charge < -0.3 is 10.1 Å². The molecule has 1 atom stereocenters. The van der Waals surface area contributed by atoms with E-state index < -0.39 is 20.9 Å². The Hall–Kier alpha value is -2.98. The van der Waals surface area contributed by atoms with Gasteiger partial charge in [0.05, 0.1) is 23.3 Å². The van der Waals surface area contributed by atoms with Crippen molar-refractivity contribution in [2.45, 2.75) is 44.0 Å². The first-order valence-electron chi connectivity index (χ1n) is 9.92. The van der Waals surface area contributed by atoms with Crippen molar-refractivity contribution >= 4 is 27.3 Å². The zero-order valence-electron chi connectivity index (χ0n) is 17.6. The Labute approximate surface area is 181 Å². The predicted molar refractivity (Wildman–Crippen MR) is 116 cm³/mol. The summed E-state index contributed by atoms with van der Waals surface area (Å²) in [4.78, 5) is 23.4. The molecule has 0 aromatic heterocycles. The second kappa shape index (κ2) is 9.03. The van der Waals surface area contributed by atoms with Gasteiger partial charge in [-0.3, -0.25) is 14.9 Å². The molecule has 0 saturated carbocycles. The molecular formula is C21H25N3O6S. The number of ether oxygens (including phenoxy) is 1. The van der Waals surface area contributed by atoms with Gasteiger partial charge in [-0.2, -0.15) is 4.31 Å². The molecule has 1 amide bonds. The van der Waals surface area contributed by atoms with Crippen molar-refractivity contribution in [3.8, 4) is 5.75 Å². The van der Waals surface area contributed by atoms with Gasteiger partial charge in [-0.1, -0.05) is 12.5 Å². The number of methoxy groups -OCH3 is 1. The number of carbonyl (C=O) groups is 1. The van der Waals surface area contributed by atoms with Crippen LogP contribution in [0, 0.1) is 17.0 Å². The Morgan fingerprint density at radius 3 is 2.65 bits per heavy atom. The first-order valence-corrected chi connectivity index (χ1v) is 11.4. The topological polar surface area (TPSA) is 119 Å². The molecule has 1 saturated heterocycles. The minimum Gasteiger partial charge on any atom is -0.495 e. The molecule has 0 aliphatic carbocycles. The summed E-state index contributed by atoms with van der Waals surface area (Å²) in [6.07, 6.45) is 2.52. The molecule has 1 aliphatic rings. The summed E-state index contributed by atoms with van der Waals surface area (Å²) >= 11 is 0. The van der Waals surface area contributed by atoms with Crippen LogP contribution in [0.1, 0.15) is 42.1 Å². The summed E-state index contributed by atoms with van der Waals surface area (Å²) in [5, 5.41) is 13.8. The molecule has 0 spiro atoms. The summed E-state index contributed by atoms with van der Waals surface area (Å²) in [5.74, 6) is -0.421. The van der Waals surface area contributed by atoms with E-state index in [4.69, 9.17) is 4.74 Å². The molecule has 166 valence electrons. The molecule has 0 radical (unpaired) electrons. The number of anilines is 1. The van der Waals surface area contributed by atoms with Gasteiger partial charge in [0, 0.05) is 24.2 Å². The smallest absolute Gasteiger partial charge is 0.274 e. The number of nitro benzene ring substituents is 1. The van der Waals surface area contributed by atoms with Crippen molar-refractivity contribution in [2.75, 3.05) is 19.0 Å². The van der Waals surface area contributed by atoms with Gasteiger partial charge in [-0.05, 0) is 51.0 Å². The quantitative estimate of drug-likeness (QED) is 0.532. The highest BCUT2D eigenvalue weighted by atomic mass is 32.2. The van der Waals surface area contributed by atoms with Crippen molar-refractivity contribution in [2.24, 2.45) is 0 Å². The zero-order valence-corrected chi connectivity index (χ0v) is 18.4. The first kappa shape index (κ1) is 22.7. The molecular weight excluding hydrogens is 422 g/mol. The third-order valence-corrected chi connectivity index (χ3v) is 7.54. The average molecular weight is 448 g/mol. The third-order valence-electron chi connectivity index (χ3n) is 5.50. The van der Waals surface area contributed by atoms with Gasteiger partial charge in [0.2, 0.25) is 10.0 Å². The van der Waals surface area contributed by atoms with Crippen LogP contribution in [0.5, 0.6) is 5.75 Å². The number of carbonyl (C=O) groups excluding carboxylic acids is 1. The van der Waals surface area contributed by atoms with Gasteiger partial charge >= 0.3 is 0 Å². The molecule has 1 unspecified atom stereocenters.